The van der Waals surface area contributed by atoms with Gasteiger partial charge in [0.2, 0.25) is 11.8 Å². The molecular weight excluding hydrogens is 738 g/mol. The maximum atomic E-state index is 12.4. The van der Waals surface area contributed by atoms with E-state index in [2.05, 4.69) is 31.6 Å². The monoisotopic (exact) mass is 789 g/mol. The number of aliphatic hydroxyl groups excluding tert-OH is 3. The lowest BCUT2D eigenvalue weighted by molar-refractivity contribution is -0.315. The molecular formula is C32H51N7O14S. The molecule has 9 atom stereocenters. The third kappa shape index (κ3) is 12.7. The molecule has 4 heterocycles. The lowest BCUT2D eigenvalue weighted by atomic mass is 9.88. The van der Waals surface area contributed by atoms with Gasteiger partial charge in [0, 0.05) is 44.2 Å². The highest BCUT2D eigenvalue weighted by molar-refractivity contribution is 8.00. The highest BCUT2D eigenvalue weighted by atomic mass is 32.2. The number of hydrogen-bond donors (Lipinski definition) is 8. The highest BCUT2D eigenvalue weighted by Gasteiger charge is 2.56. The summed E-state index contributed by atoms with van der Waals surface area (Å²) in [5.74, 6) is -4.66. The molecule has 8 N–H and O–H groups in total. The minimum atomic E-state index is -2.52. The van der Waals surface area contributed by atoms with Crippen LogP contribution in [-0.2, 0) is 56.0 Å². The molecule has 54 heavy (non-hydrogen) atoms. The van der Waals surface area contributed by atoms with E-state index in [0.29, 0.717) is 44.6 Å². The first-order valence-corrected chi connectivity index (χ1v) is 18.8. The van der Waals surface area contributed by atoms with Crippen molar-refractivity contribution in [3.63, 3.8) is 0 Å². The Balaban J connectivity index is 1.10. The molecule has 304 valence electrons. The molecule has 4 amide bonds. The van der Waals surface area contributed by atoms with Crippen LogP contribution < -0.4 is 21.3 Å². The van der Waals surface area contributed by atoms with Gasteiger partial charge in [-0.1, -0.05) is 11.6 Å². The van der Waals surface area contributed by atoms with Crippen molar-refractivity contribution in [2.45, 2.75) is 113 Å². The first kappa shape index (κ1) is 43.1. The molecule has 0 aromatic carbocycles. The maximum Gasteiger partial charge on any atom is 0.364 e. The summed E-state index contributed by atoms with van der Waals surface area (Å²) < 4.78 is 28.5. The van der Waals surface area contributed by atoms with Gasteiger partial charge >= 0.3 is 18.0 Å². The van der Waals surface area contributed by atoms with Crippen LogP contribution in [0.4, 0.5) is 4.79 Å². The summed E-state index contributed by atoms with van der Waals surface area (Å²) in [5.41, 5.74) is 0.206. The first-order chi connectivity index (χ1) is 25.8. The van der Waals surface area contributed by atoms with E-state index in [1.54, 1.807) is 0 Å². The quantitative estimate of drug-likeness (QED) is 0.0320. The van der Waals surface area contributed by atoms with Crippen LogP contribution in [0, 0.1) is 0 Å². The second-order valence-corrected chi connectivity index (χ2v) is 14.5. The Kier molecular flexibility index (Phi) is 16.7. The van der Waals surface area contributed by atoms with E-state index < -0.39 is 73.7 Å². The smallest absolute Gasteiger partial charge is 0.364 e. The van der Waals surface area contributed by atoms with Crippen molar-refractivity contribution in [2.75, 3.05) is 45.3 Å². The second-order valence-electron chi connectivity index (χ2n) is 13.2. The first-order valence-electron chi connectivity index (χ1n) is 17.8. The van der Waals surface area contributed by atoms with Crippen molar-refractivity contribution in [2.24, 2.45) is 0 Å². The van der Waals surface area contributed by atoms with Gasteiger partial charge in [0.15, 0.2) is 0 Å². The SMILES string of the molecule is CC(=O)N[C@H]1C([C@H](O)[C@H](O)COC(C)=O)O[C@@](OCc2cn(CCOCCOCCNC(=O)CCCC[C@H]3SC[C@H]4NC(=O)N[C@H]43)nn2)(C(=O)O)C[C@H]1O. The van der Waals surface area contributed by atoms with Crippen LogP contribution >= 0.6 is 11.8 Å². The molecule has 22 heteroatoms. The Labute approximate surface area is 315 Å². The molecule has 0 spiro atoms. The molecule has 4 rings (SSSR count). The zero-order valence-corrected chi connectivity index (χ0v) is 31.0. The normalized spacial score (nSPS) is 27.3. The number of amides is 4. The molecule has 3 fully saturated rings. The number of carboxylic acids is 1. The Bertz CT molecular complexity index is 1420. The van der Waals surface area contributed by atoms with Gasteiger partial charge in [0.05, 0.1) is 70.0 Å². The molecule has 1 aromatic heterocycles. The number of unbranched alkanes of at least 4 members (excludes halogenated alkanes) is 1. The van der Waals surface area contributed by atoms with Gasteiger partial charge in [-0.05, 0) is 12.8 Å². The number of aliphatic hydroxyl groups is 3. The molecule has 0 aliphatic carbocycles. The summed E-state index contributed by atoms with van der Waals surface area (Å²) in [4.78, 5) is 59.0. The molecule has 1 aromatic rings. The zero-order chi connectivity index (χ0) is 39.3. The number of carboxylic acid groups (broad SMARTS) is 1. The summed E-state index contributed by atoms with van der Waals surface area (Å²) in [5, 5.41) is 61.5. The summed E-state index contributed by atoms with van der Waals surface area (Å²) >= 11 is 1.86. The molecule has 21 nitrogen and oxygen atoms in total. The fourth-order valence-corrected chi connectivity index (χ4v) is 7.82. The van der Waals surface area contributed by atoms with Crippen molar-refractivity contribution in [3.05, 3.63) is 11.9 Å². The van der Waals surface area contributed by atoms with Crippen LogP contribution in [0.3, 0.4) is 0 Å². The van der Waals surface area contributed by atoms with Gasteiger partial charge in [-0.15, -0.1) is 5.10 Å². The van der Waals surface area contributed by atoms with E-state index in [0.717, 1.165) is 38.9 Å². The fourth-order valence-electron chi connectivity index (χ4n) is 6.28. The number of hydrogen-bond acceptors (Lipinski definition) is 16. The van der Waals surface area contributed by atoms with Gasteiger partial charge < -0.3 is 65.4 Å². The lowest BCUT2D eigenvalue weighted by Gasteiger charge is -2.46. The average Bonchev–Trinajstić information content (AvgIpc) is 3.84. The molecule has 3 saturated heterocycles. The second kappa shape index (κ2) is 20.9. The number of aromatic nitrogens is 3. The fraction of sp³-hybridized carbons (Fsp3) is 0.781. The number of thioether (sulfide) groups is 1. The van der Waals surface area contributed by atoms with Gasteiger partial charge in [0.25, 0.3) is 5.79 Å². The Hall–Kier alpha value is -3.64. The number of carbonyl (C=O) groups is 5. The number of ether oxygens (including phenoxy) is 5. The summed E-state index contributed by atoms with van der Waals surface area (Å²) in [6.45, 7) is 2.98. The van der Waals surface area contributed by atoms with Gasteiger partial charge in [-0.2, -0.15) is 11.8 Å². The van der Waals surface area contributed by atoms with Crippen LogP contribution in [0.25, 0.3) is 0 Å². The van der Waals surface area contributed by atoms with E-state index in [-0.39, 0.29) is 36.3 Å². The van der Waals surface area contributed by atoms with E-state index in [1.807, 2.05) is 11.8 Å². The Morgan fingerprint density at radius 1 is 1.13 bits per heavy atom. The van der Waals surface area contributed by atoms with Crippen LogP contribution in [0.15, 0.2) is 6.20 Å². The van der Waals surface area contributed by atoms with E-state index >= 15 is 0 Å². The largest absolute Gasteiger partial charge is 0.477 e. The minimum Gasteiger partial charge on any atom is -0.477 e. The van der Waals surface area contributed by atoms with Crippen LogP contribution in [-0.4, -0.2) is 164 Å². The van der Waals surface area contributed by atoms with Crippen LogP contribution in [0.5, 0.6) is 0 Å². The molecule has 1 unspecified atom stereocenters. The number of rotatable bonds is 23. The van der Waals surface area contributed by atoms with Crippen molar-refractivity contribution >= 4 is 41.5 Å². The highest BCUT2D eigenvalue weighted by Crippen LogP contribution is 2.35. The van der Waals surface area contributed by atoms with Gasteiger partial charge in [-0.25, -0.2) is 14.3 Å². The van der Waals surface area contributed by atoms with E-state index in [9.17, 15) is 44.4 Å². The van der Waals surface area contributed by atoms with Crippen LogP contribution in [0.2, 0.25) is 0 Å². The molecule has 0 radical (unpaired) electrons. The predicted octanol–water partition coefficient (Wildman–Crippen LogP) is -2.61. The average molecular weight is 790 g/mol. The molecule has 3 aliphatic heterocycles. The third-order valence-electron chi connectivity index (χ3n) is 8.98. The number of aliphatic carboxylic acids is 1. The Morgan fingerprint density at radius 2 is 1.89 bits per heavy atom. The number of urea groups is 1. The molecule has 0 saturated carbocycles. The van der Waals surface area contributed by atoms with Crippen molar-refractivity contribution in [3.8, 4) is 0 Å². The zero-order valence-electron chi connectivity index (χ0n) is 30.2. The van der Waals surface area contributed by atoms with Crippen molar-refractivity contribution in [1.29, 1.82) is 0 Å². The number of nitrogens with zero attached hydrogens (tertiary/aromatic N) is 3. The van der Waals surface area contributed by atoms with E-state index in [4.69, 9.17) is 23.7 Å². The van der Waals surface area contributed by atoms with Crippen molar-refractivity contribution < 1.29 is 68.1 Å². The standard InChI is InChI=1S/C32H51N7O14S/c1-18(40)34-27-22(42)13-32(30(46)47,53-29(27)28(45)23(43)16-51-19(2)41)52-15-20-14-39(38-37-20)8-10-50-12-11-49-9-7-33-25(44)6-4-3-5-24-26-21(17-54-24)35-31(48)36-26/h14,21-24,26-29,42-43,45H,3-13,15-17H2,1-2H3,(H,33,44)(H,34,40)(H,46,47)(H2,35,36,48)/t21-,22-,23-,24-,26-,27-,28-,29?,32-/m1/s1. The summed E-state index contributed by atoms with van der Waals surface area (Å²) in [7, 11) is 0. The maximum absolute atomic E-state index is 12.4. The van der Waals surface area contributed by atoms with Crippen molar-refractivity contribution in [1.82, 2.24) is 36.3 Å². The molecule has 0 bridgehead atoms. The number of fused-ring (bicyclic) bond motifs is 1. The predicted molar refractivity (Wildman–Crippen MR) is 186 cm³/mol. The van der Waals surface area contributed by atoms with Gasteiger partial charge in [-0.3, -0.25) is 14.4 Å². The van der Waals surface area contributed by atoms with E-state index in [1.165, 1.54) is 10.9 Å². The number of nitrogens with one attached hydrogen (secondary N) is 4. The summed E-state index contributed by atoms with van der Waals surface area (Å²) in [6, 6.07) is -1.07. The lowest BCUT2D eigenvalue weighted by Crippen LogP contribution is -2.67. The summed E-state index contributed by atoms with van der Waals surface area (Å²) in [6.07, 6.45) is -3.05. The Morgan fingerprint density at radius 3 is 2.61 bits per heavy atom. The third-order valence-corrected chi connectivity index (χ3v) is 10.5. The minimum absolute atomic E-state index is 0.0336. The number of carbonyl (C=O) groups excluding carboxylic acids is 4. The topological polar surface area (TPSA) is 291 Å². The van der Waals surface area contributed by atoms with Crippen LogP contribution in [0.1, 0.15) is 51.6 Å². The molecule has 3 aliphatic rings. The number of esters is 1. The van der Waals surface area contributed by atoms with Gasteiger partial charge in [0.1, 0.15) is 30.6 Å².